The van der Waals surface area contributed by atoms with E-state index in [9.17, 15) is 4.79 Å². The largest absolute Gasteiger partial charge is 0.341 e. The van der Waals surface area contributed by atoms with Crippen LogP contribution >= 0.6 is 11.6 Å². The Balaban J connectivity index is 1.89. The van der Waals surface area contributed by atoms with E-state index in [1.165, 1.54) is 5.56 Å². The van der Waals surface area contributed by atoms with Crippen molar-refractivity contribution in [3.8, 4) is 0 Å². The first kappa shape index (κ1) is 15.3. The topological polar surface area (TPSA) is 23.6 Å². The summed E-state index contributed by atoms with van der Waals surface area (Å²) in [6.45, 7) is 6.64. The van der Waals surface area contributed by atoms with Gasteiger partial charge < -0.3 is 9.80 Å². The normalized spacial score (nSPS) is 17.0. The van der Waals surface area contributed by atoms with Gasteiger partial charge in [-0.15, -0.1) is 11.6 Å². The monoisotopic (exact) mass is 294 g/mol. The molecule has 0 aliphatic carbocycles. The highest BCUT2D eigenvalue weighted by molar-refractivity contribution is 6.18. The molecule has 0 spiro atoms. The van der Waals surface area contributed by atoms with Gasteiger partial charge in [0, 0.05) is 32.1 Å². The van der Waals surface area contributed by atoms with Crippen molar-refractivity contribution in [1.82, 2.24) is 9.80 Å². The molecule has 0 N–H and O–H groups in total. The van der Waals surface area contributed by atoms with Crippen LogP contribution in [0.3, 0.4) is 0 Å². The molecular formula is C16H23ClN2O. The molecule has 20 heavy (non-hydrogen) atoms. The number of halogens is 1. The summed E-state index contributed by atoms with van der Waals surface area (Å²) in [5, 5.41) is 0. The van der Waals surface area contributed by atoms with Crippen LogP contribution in [0.1, 0.15) is 17.5 Å². The van der Waals surface area contributed by atoms with Gasteiger partial charge in [0.05, 0.1) is 6.42 Å². The highest BCUT2D eigenvalue weighted by atomic mass is 35.5. The van der Waals surface area contributed by atoms with Gasteiger partial charge in [-0.3, -0.25) is 4.79 Å². The molecule has 1 aromatic rings. The number of rotatable bonds is 4. The first-order valence-corrected chi connectivity index (χ1v) is 7.84. The zero-order valence-electron chi connectivity index (χ0n) is 12.1. The maximum atomic E-state index is 12.4. The minimum Gasteiger partial charge on any atom is -0.341 e. The van der Waals surface area contributed by atoms with Gasteiger partial charge in [-0.2, -0.15) is 0 Å². The predicted octanol–water partition coefficient (Wildman–Crippen LogP) is 2.31. The Morgan fingerprint density at radius 1 is 1.25 bits per heavy atom. The number of alkyl halides is 1. The minimum absolute atomic E-state index is 0.239. The quantitative estimate of drug-likeness (QED) is 0.796. The third-order valence-corrected chi connectivity index (χ3v) is 3.95. The zero-order chi connectivity index (χ0) is 14.4. The number of carbonyl (C=O) groups excluding carboxylic acids is 1. The third-order valence-electron chi connectivity index (χ3n) is 3.78. The Morgan fingerprint density at radius 3 is 2.85 bits per heavy atom. The van der Waals surface area contributed by atoms with Gasteiger partial charge in [0.2, 0.25) is 5.91 Å². The lowest BCUT2D eigenvalue weighted by Gasteiger charge is -2.21. The van der Waals surface area contributed by atoms with Crippen molar-refractivity contribution in [2.45, 2.75) is 19.8 Å². The molecule has 1 aliphatic rings. The van der Waals surface area contributed by atoms with Crippen LogP contribution < -0.4 is 0 Å². The molecule has 0 aromatic heterocycles. The first-order valence-electron chi connectivity index (χ1n) is 7.30. The molecule has 110 valence electrons. The third kappa shape index (κ3) is 4.50. The summed E-state index contributed by atoms with van der Waals surface area (Å²) in [4.78, 5) is 16.7. The zero-order valence-corrected chi connectivity index (χ0v) is 12.9. The SMILES string of the molecule is Cc1cccc(CC(=O)N2CCCN(CCCl)CC2)c1. The Bertz CT molecular complexity index is 450. The van der Waals surface area contributed by atoms with Crippen LogP contribution in [-0.2, 0) is 11.2 Å². The molecule has 1 aliphatic heterocycles. The predicted molar refractivity (Wildman–Crippen MR) is 83.2 cm³/mol. The second-order valence-corrected chi connectivity index (χ2v) is 5.81. The number of nitrogens with zero attached hydrogens (tertiary/aromatic N) is 2. The number of hydrogen-bond acceptors (Lipinski definition) is 2. The fourth-order valence-corrected chi connectivity index (χ4v) is 2.91. The molecule has 1 amide bonds. The molecule has 0 atom stereocenters. The van der Waals surface area contributed by atoms with Crippen LogP contribution in [0.4, 0.5) is 0 Å². The van der Waals surface area contributed by atoms with Gasteiger partial charge in [-0.05, 0) is 25.5 Å². The average Bonchev–Trinajstić information content (AvgIpc) is 2.65. The number of carbonyl (C=O) groups is 1. The molecule has 1 aromatic carbocycles. The minimum atomic E-state index is 0.239. The van der Waals surface area contributed by atoms with Crippen LogP contribution in [0, 0.1) is 6.92 Å². The molecule has 4 heteroatoms. The Morgan fingerprint density at radius 2 is 2.10 bits per heavy atom. The van der Waals surface area contributed by atoms with Crippen molar-refractivity contribution in [3.63, 3.8) is 0 Å². The van der Waals surface area contributed by atoms with E-state index in [0.717, 1.165) is 44.7 Å². The lowest BCUT2D eigenvalue weighted by Crippen LogP contribution is -2.36. The van der Waals surface area contributed by atoms with Crippen LogP contribution in [0.5, 0.6) is 0 Å². The standard InChI is InChI=1S/C16H23ClN2O/c1-14-4-2-5-15(12-14)13-16(20)19-8-3-7-18(9-6-17)10-11-19/h2,4-5,12H,3,6-11,13H2,1H3. The van der Waals surface area contributed by atoms with E-state index < -0.39 is 0 Å². The number of hydrogen-bond donors (Lipinski definition) is 0. The first-order chi connectivity index (χ1) is 9.69. The smallest absolute Gasteiger partial charge is 0.227 e. The molecule has 1 fully saturated rings. The van der Waals surface area contributed by atoms with E-state index in [1.54, 1.807) is 0 Å². The molecule has 0 radical (unpaired) electrons. The van der Waals surface area contributed by atoms with Crippen molar-refractivity contribution < 1.29 is 4.79 Å². The highest BCUT2D eigenvalue weighted by Gasteiger charge is 2.18. The second kappa shape index (κ2) is 7.65. The van der Waals surface area contributed by atoms with Crippen LogP contribution in [0.15, 0.2) is 24.3 Å². The van der Waals surface area contributed by atoms with Crippen molar-refractivity contribution in [2.24, 2.45) is 0 Å². The van der Waals surface area contributed by atoms with Crippen molar-refractivity contribution >= 4 is 17.5 Å². The average molecular weight is 295 g/mol. The van der Waals surface area contributed by atoms with Crippen molar-refractivity contribution in [1.29, 1.82) is 0 Å². The van der Waals surface area contributed by atoms with Gasteiger partial charge in [0.15, 0.2) is 0 Å². The van der Waals surface area contributed by atoms with Crippen LogP contribution in [-0.4, -0.2) is 54.3 Å². The molecular weight excluding hydrogens is 272 g/mol. The lowest BCUT2D eigenvalue weighted by molar-refractivity contribution is -0.130. The Labute approximate surface area is 126 Å². The van der Waals surface area contributed by atoms with E-state index in [1.807, 2.05) is 17.0 Å². The van der Waals surface area contributed by atoms with E-state index >= 15 is 0 Å². The van der Waals surface area contributed by atoms with Crippen LogP contribution in [0.2, 0.25) is 0 Å². The number of aryl methyl sites for hydroxylation is 1. The van der Waals surface area contributed by atoms with Crippen molar-refractivity contribution in [2.75, 3.05) is 38.6 Å². The summed E-state index contributed by atoms with van der Waals surface area (Å²) < 4.78 is 0. The van der Waals surface area contributed by atoms with Gasteiger partial charge in [0.25, 0.3) is 0 Å². The maximum Gasteiger partial charge on any atom is 0.227 e. The van der Waals surface area contributed by atoms with E-state index in [2.05, 4.69) is 24.0 Å². The summed E-state index contributed by atoms with van der Waals surface area (Å²) in [5.74, 6) is 0.903. The van der Waals surface area contributed by atoms with E-state index in [-0.39, 0.29) is 5.91 Å². The van der Waals surface area contributed by atoms with Gasteiger partial charge >= 0.3 is 0 Å². The summed E-state index contributed by atoms with van der Waals surface area (Å²) in [7, 11) is 0. The van der Waals surface area contributed by atoms with E-state index in [4.69, 9.17) is 11.6 Å². The Hall–Kier alpha value is -1.06. The van der Waals surface area contributed by atoms with Crippen molar-refractivity contribution in [3.05, 3.63) is 35.4 Å². The number of benzene rings is 1. The molecule has 1 heterocycles. The summed E-state index contributed by atoms with van der Waals surface area (Å²) in [6, 6.07) is 8.20. The Kier molecular flexibility index (Phi) is 5.86. The maximum absolute atomic E-state index is 12.4. The molecule has 2 rings (SSSR count). The lowest BCUT2D eigenvalue weighted by atomic mass is 10.1. The molecule has 1 saturated heterocycles. The van der Waals surface area contributed by atoms with Gasteiger partial charge in [-0.25, -0.2) is 0 Å². The fourth-order valence-electron chi connectivity index (χ4n) is 2.67. The van der Waals surface area contributed by atoms with Gasteiger partial charge in [0.1, 0.15) is 0 Å². The molecule has 0 unspecified atom stereocenters. The molecule has 3 nitrogen and oxygen atoms in total. The van der Waals surface area contributed by atoms with Gasteiger partial charge in [-0.1, -0.05) is 29.8 Å². The summed E-state index contributed by atoms with van der Waals surface area (Å²) >= 11 is 5.79. The van der Waals surface area contributed by atoms with Crippen LogP contribution in [0.25, 0.3) is 0 Å². The second-order valence-electron chi connectivity index (χ2n) is 5.43. The molecule has 0 bridgehead atoms. The summed E-state index contributed by atoms with van der Waals surface area (Å²) in [5.41, 5.74) is 2.32. The summed E-state index contributed by atoms with van der Waals surface area (Å²) in [6.07, 6.45) is 1.55. The highest BCUT2D eigenvalue weighted by Crippen LogP contribution is 2.09. The fraction of sp³-hybridized carbons (Fsp3) is 0.562. The number of amides is 1. The van der Waals surface area contributed by atoms with E-state index in [0.29, 0.717) is 12.3 Å². The molecule has 0 saturated carbocycles.